The van der Waals surface area contributed by atoms with Gasteiger partial charge in [0.1, 0.15) is 11.3 Å². The van der Waals surface area contributed by atoms with E-state index >= 15 is 0 Å². The predicted molar refractivity (Wildman–Crippen MR) is 73.7 cm³/mol. The van der Waals surface area contributed by atoms with Crippen LogP contribution in [-0.4, -0.2) is 14.5 Å². The van der Waals surface area contributed by atoms with E-state index in [-0.39, 0.29) is 5.82 Å². The SMILES string of the molecule is Cn1c(-c2nc3ccccc3o2)nc2ccc(F)cc21. The number of halogens is 1. The van der Waals surface area contributed by atoms with E-state index < -0.39 is 0 Å². The standard InChI is InChI=1S/C15H10FN3O/c1-19-12-8-9(16)6-7-10(12)17-14(19)15-18-11-4-2-3-5-13(11)20-15/h2-8H,1H3. The molecule has 4 nitrogen and oxygen atoms in total. The summed E-state index contributed by atoms with van der Waals surface area (Å²) in [5.74, 6) is 0.733. The van der Waals surface area contributed by atoms with E-state index in [1.807, 2.05) is 31.3 Å². The Balaban J connectivity index is 1.99. The van der Waals surface area contributed by atoms with Crippen molar-refractivity contribution in [3.63, 3.8) is 0 Å². The van der Waals surface area contributed by atoms with Gasteiger partial charge in [0.2, 0.25) is 0 Å². The molecule has 0 amide bonds. The zero-order chi connectivity index (χ0) is 13.7. The van der Waals surface area contributed by atoms with Crippen molar-refractivity contribution >= 4 is 22.1 Å². The van der Waals surface area contributed by atoms with E-state index in [0.717, 1.165) is 5.52 Å². The first-order chi connectivity index (χ1) is 9.72. The van der Waals surface area contributed by atoms with Crippen LogP contribution in [0.2, 0.25) is 0 Å². The molecular formula is C15H10FN3O. The summed E-state index contributed by atoms with van der Waals surface area (Å²) in [6.07, 6.45) is 0. The first-order valence-electron chi connectivity index (χ1n) is 6.20. The molecule has 0 radical (unpaired) electrons. The van der Waals surface area contributed by atoms with Gasteiger partial charge in [0.25, 0.3) is 5.89 Å². The van der Waals surface area contributed by atoms with Gasteiger partial charge in [-0.25, -0.2) is 14.4 Å². The highest BCUT2D eigenvalue weighted by Crippen LogP contribution is 2.26. The second-order valence-electron chi connectivity index (χ2n) is 4.61. The van der Waals surface area contributed by atoms with Crippen molar-refractivity contribution in [2.24, 2.45) is 7.05 Å². The van der Waals surface area contributed by atoms with Crippen molar-refractivity contribution in [3.05, 3.63) is 48.3 Å². The summed E-state index contributed by atoms with van der Waals surface area (Å²) < 4.78 is 20.8. The molecule has 4 rings (SSSR count). The van der Waals surface area contributed by atoms with Gasteiger partial charge in [-0.3, -0.25) is 0 Å². The predicted octanol–water partition coefficient (Wildman–Crippen LogP) is 3.52. The van der Waals surface area contributed by atoms with E-state index in [0.29, 0.717) is 28.3 Å². The van der Waals surface area contributed by atoms with Gasteiger partial charge in [0, 0.05) is 7.05 Å². The van der Waals surface area contributed by atoms with Crippen molar-refractivity contribution in [2.75, 3.05) is 0 Å². The smallest absolute Gasteiger partial charge is 0.264 e. The Kier molecular flexibility index (Phi) is 2.18. The molecule has 0 aliphatic carbocycles. The number of para-hydroxylation sites is 2. The Bertz CT molecular complexity index is 906. The third-order valence-corrected chi connectivity index (χ3v) is 3.33. The largest absolute Gasteiger partial charge is 0.434 e. The number of oxazole rings is 1. The van der Waals surface area contributed by atoms with Gasteiger partial charge < -0.3 is 8.98 Å². The summed E-state index contributed by atoms with van der Waals surface area (Å²) in [5, 5.41) is 0. The summed E-state index contributed by atoms with van der Waals surface area (Å²) in [7, 11) is 1.82. The molecule has 0 aliphatic rings. The minimum Gasteiger partial charge on any atom is -0.434 e. The van der Waals surface area contributed by atoms with Crippen LogP contribution in [-0.2, 0) is 7.05 Å². The fourth-order valence-electron chi connectivity index (χ4n) is 2.32. The van der Waals surface area contributed by atoms with Crippen molar-refractivity contribution in [1.82, 2.24) is 14.5 Å². The number of imidazole rings is 1. The molecule has 98 valence electrons. The van der Waals surface area contributed by atoms with E-state index in [4.69, 9.17) is 4.42 Å². The Hall–Kier alpha value is -2.69. The molecule has 0 spiro atoms. The zero-order valence-electron chi connectivity index (χ0n) is 10.7. The first kappa shape index (κ1) is 11.2. The number of aryl methyl sites for hydroxylation is 1. The van der Waals surface area contributed by atoms with E-state index in [1.54, 1.807) is 10.6 Å². The Morgan fingerprint density at radius 2 is 1.90 bits per heavy atom. The van der Waals surface area contributed by atoms with E-state index in [9.17, 15) is 4.39 Å². The van der Waals surface area contributed by atoms with Crippen molar-refractivity contribution in [1.29, 1.82) is 0 Å². The molecule has 0 aliphatic heterocycles. The number of fused-ring (bicyclic) bond motifs is 2. The minimum atomic E-state index is -0.287. The molecule has 0 unspecified atom stereocenters. The summed E-state index contributed by atoms with van der Waals surface area (Å²) in [6, 6.07) is 12.0. The number of aromatic nitrogens is 3. The van der Waals surface area contributed by atoms with Crippen LogP contribution in [0, 0.1) is 5.82 Å². The Labute approximate surface area is 113 Å². The number of hydrogen-bond acceptors (Lipinski definition) is 3. The summed E-state index contributed by atoms with van der Waals surface area (Å²) in [6.45, 7) is 0. The molecule has 0 saturated heterocycles. The van der Waals surface area contributed by atoms with Crippen molar-refractivity contribution in [2.45, 2.75) is 0 Å². The number of nitrogens with zero attached hydrogens (tertiary/aromatic N) is 3. The molecule has 4 aromatic rings. The van der Waals surface area contributed by atoms with Crippen LogP contribution in [0.5, 0.6) is 0 Å². The van der Waals surface area contributed by atoms with Crippen LogP contribution in [0.3, 0.4) is 0 Å². The third kappa shape index (κ3) is 1.53. The molecule has 5 heteroatoms. The topological polar surface area (TPSA) is 43.9 Å². The van der Waals surface area contributed by atoms with Crippen LogP contribution in [0.15, 0.2) is 46.9 Å². The van der Waals surface area contributed by atoms with Gasteiger partial charge in [-0.1, -0.05) is 12.1 Å². The highest BCUT2D eigenvalue weighted by molar-refractivity contribution is 5.81. The molecule has 2 aromatic carbocycles. The van der Waals surface area contributed by atoms with Gasteiger partial charge >= 0.3 is 0 Å². The van der Waals surface area contributed by atoms with Gasteiger partial charge in [-0.2, -0.15) is 0 Å². The van der Waals surface area contributed by atoms with Gasteiger partial charge in [0.15, 0.2) is 11.4 Å². The maximum atomic E-state index is 13.3. The molecule has 0 atom stereocenters. The Morgan fingerprint density at radius 1 is 1.05 bits per heavy atom. The van der Waals surface area contributed by atoms with Crippen LogP contribution in [0.1, 0.15) is 0 Å². The van der Waals surface area contributed by atoms with E-state index in [2.05, 4.69) is 9.97 Å². The lowest BCUT2D eigenvalue weighted by atomic mass is 10.3. The summed E-state index contributed by atoms with van der Waals surface area (Å²) in [5.41, 5.74) is 2.91. The molecule has 20 heavy (non-hydrogen) atoms. The molecule has 2 heterocycles. The van der Waals surface area contributed by atoms with Crippen LogP contribution in [0.25, 0.3) is 33.8 Å². The molecule has 0 saturated carbocycles. The molecular weight excluding hydrogens is 257 g/mol. The maximum Gasteiger partial charge on any atom is 0.264 e. The number of hydrogen-bond donors (Lipinski definition) is 0. The second-order valence-corrected chi connectivity index (χ2v) is 4.61. The molecule has 0 fully saturated rings. The quantitative estimate of drug-likeness (QED) is 0.530. The number of rotatable bonds is 1. The highest BCUT2D eigenvalue weighted by Gasteiger charge is 2.15. The lowest BCUT2D eigenvalue weighted by molar-refractivity contribution is 0.609. The first-order valence-corrected chi connectivity index (χ1v) is 6.20. The molecule has 2 aromatic heterocycles. The third-order valence-electron chi connectivity index (χ3n) is 3.33. The fourth-order valence-corrected chi connectivity index (χ4v) is 2.32. The second kappa shape index (κ2) is 3.90. The molecule has 0 bridgehead atoms. The molecule has 0 N–H and O–H groups in total. The van der Waals surface area contributed by atoms with Gasteiger partial charge in [-0.05, 0) is 30.3 Å². The van der Waals surface area contributed by atoms with Crippen molar-refractivity contribution < 1.29 is 8.81 Å². The summed E-state index contributed by atoms with van der Waals surface area (Å²) >= 11 is 0. The normalized spacial score (nSPS) is 11.5. The van der Waals surface area contributed by atoms with Gasteiger partial charge in [0.05, 0.1) is 11.0 Å². The fraction of sp³-hybridized carbons (Fsp3) is 0.0667. The number of benzene rings is 2. The maximum absolute atomic E-state index is 13.3. The monoisotopic (exact) mass is 267 g/mol. The average molecular weight is 267 g/mol. The Morgan fingerprint density at radius 3 is 2.75 bits per heavy atom. The van der Waals surface area contributed by atoms with Crippen molar-refractivity contribution in [3.8, 4) is 11.7 Å². The van der Waals surface area contributed by atoms with Crippen LogP contribution >= 0.6 is 0 Å². The summed E-state index contributed by atoms with van der Waals surface area (Å²) in [4.78, 5) is 8.88. The zero-order valence-corrected chi connectivity index (χ0v) is 10.7. The van der Waals surface area contributed by atoms with E-state index in [1.165, 1.54) is 12.1 Å². The van der Waals surface area contributed by atoms with Crippen LogP contribution in [0.4, 0.5) is 4.39 Å². The highest BCUT2D eigenvalue weighted by atomic mass is 19.1. The lowest BCUT2D eigenvalue weighted by Crippen LogP contribution is -1.92. The lowest BCUT2D eigenvalue weighted by Gasteiger charge is -1.97. The minimum absolute atomic E-state index is 0.287. The van der Waals surface area contributed by atoms with Crippen LogP contribution < -0.4 is 0 Å². The van der Waals surface area contributed by atoms with Gasteiger partial charge in [-0.15, -0.1) is 0 Å². The average Bonchev–Trinajstić information content (AvgIpc) is 3.01.